The largest absolute Gasteiger partial charge is 0.324 e. The fourth-order valence-electron chi connectivity index (χ4n) is 5.64. The Kier molecular flexibility index (Phi) is 4.97. The lowest BCUT2D eigenvalue weighted by molar-refractivity contribution is -0.147. The maximum atomic E-state index is 13.3. The number of carbonyl (C=O) groups is 3. The molecule has 3 fully saturated rings. The molecule has 5 rings (SSSR count). The second kappa shape index (κ2) is 7.65. The number of likely N-dealkylation sites (tertiary alicyclic amines) is 1. The first kappa shape index (κ1) is 19.5. The molecule has 1 saturated heterocycles. The lowest BCUT2D eigenvalue weighted by Crippen LogP contribution is -2.49. The van der Waals surface area contributed by atoms with Crippen LogP contribution in [-0.2, 0) is 20.8 Å². The minimum absolute atomic E-state index is 0.149. The van der Waals surface area contributed by atoms with Crippen LogP contribution in [0.15, 0.2) is 59.1 Å². The van der Waals surface area contributed by atoms with E-state index in [0.29, 0.717) is 23.9 Å². The van der Waals surface area contributed by atoms with E-state index in [1.165, 1.54) is 4.90 Å². The number of rotatable bonds is 5. The zero-order valence-corrected chi connectivity index (χ0v) is 18.0. The van der Waals surface area contributed by atoms with Crippen molar-refractivity contribution in [3.05, 3.63) is 64.6 Å². The first-order valence-electron chi connectivity index (χ1n) is 10.5. The van der Waals surface area contributed by atoms with Crippen LogP contribution in [0.5, 0.6) is 0 Å². The van der Waals surface area contributed by atoms with Crippen LogP contribution >= 0.6 is 15.9 Å². The molecule has 154 valence electrons. The number of imide groups is 1. The van der Waals surface area contributed by atoms with Gasteiger partial charge in [0.05, 0.1) is 11.8 Å². The van der Waals surface area contributed by atoms with Crippen LogP contribution in [0.2, 0.25) is 0 Å². The number of halogens is 1. The number of carbonyl (C=O) groups excluding carboxylic acids is 3. The summed E-state index contributed by atoms with van der Waals surface area (Å²) in [5.74, 6) is -0.477. The second-order valence-electron chi connectivity index (χ2n) is 8.63. The van der Waals surface area contributed by atoms with Crippen molar-refractivity contribution in [3.63, 3.8) is 0 Å². The van der Waals surface area contributed by atoms with Gasteiger partial charge in [-0.15, -0.1) is 0 Å². The quantitative estimate of drug-likeness (QED) is 0.676. The van der Waals surface area contributed by atoms with Crippen molar-refractivity contribution in [2.75, 3.05) is 5.32 Å². The molecule has 3 aliphatic rings. The van der Waals surface area contributed by atoms with Gasteiger partial charge < -0.3 is 5.32 Å². The SMILES string of the molecule is O=C(Nc1ccc(Br)cc1)[C@@H](Cc1ccccc1)N1C(=O)[C@@H]2[C@@H]3CC[C@@H](C3)[C@@H]2C1=O. The highest BCUT2D eigenvalue weighted by Crippen LogP contribution is 2.56. The number of amides is 3. The molecule has 1 aliphatic heterocycles. The van der Waals surface area contributed by atoms with Crippen LogP contribution in [0.4, 0.5) is 5.69 Å². The Morgan fingerprint density at radius 1 is 0.967 bits per heavy atom. The third-order valence-corrected chi connectivity index (χ3v) is 7.49. The Morgan fingerprint density at radius 3 is 2.17 bits per heavy atom. The zero-order chi connectivity index (χ0) is 20.8. The molecule has 5 atom stereocenters. The summed E-state index contributed by atoms with van der Waals surface area (Å²) in [6, 6.07) is 16.0. The number of anilines is 1. The smallest absolute Gasteiger partial charge is 0.248 e. The number of nitrogens with zero attached hydrogens (tertiary/aromatic N) is 1. The Labute approximate surface area is 184 Å². The van der Waals surface area contributed by atoms with Gasteiger partial charge in [0.2, 0.25) is 17.7 Å². The van der Waals surface area contributed by atoms with E-state index in [2.05, 4.69) is 21.2 Å². The fourth-order valence-corrected chi connectivity index (χ4v) is 5.90. The normalized spacial score (nSPS) is 28.0. The third-order valence-electron chi connectivity index (χ3n) is 6.96. The van der Waals surface area contributed by atoms with Crippen molar-refractivity contribution in [2.45, 2.75) is 31.7 Å². The van der Waals surface area contributed by atoms with E-state index in [4.69, 9.17) is 0 Å². The molecule has 0 aromatic heterocycles. The van der Waals surface area contributed by atoms with Gasteiger partial charge in [-0.2, -0.15) is 0 Å². The van der Waals surface area contributed by atoms with E-state index < -0.39 is 6.04 Å². The number of fused-ring (bicyclic) bond motifs is 5. The van der Waals surface area contributed by atoms with Crippen molar-refractivity contribution in [3.8, 4) is 0 Å². The van der Waals surface area contributed by atoms with Gasteiger partial charge in [0, 0.05) is 16.6 Å². The van der Waals surface area contributed by atoms with E-state index in [9.17, 15) is 14.4 Å². The van der Waals surface area contributed by atoms with Crippen molar-refractivity contribution in [2.24, 2.45) is 23.7 Å². The van der Waals surface area contributed by atoms with Crippen LogP contribution in [0, 0.1) is 23.7 Å². The van der Waals surface area contributed by atoms with Gasteiger partial charge in [-0.25, -0.2) is 0 Å². The molecule has 1 N–H and O–H groups in total. The Balaban J connectivity index is 1.45. The molecule has 0 radical (unpaired) electrons. The van der Waals surface area contributed by atoms with E-state index in [1.807, 2.05) is 42.5 Å². The number of hydrogen-bond donors (Lipinski definition) is 1. The zero-order valence-electron chi connectivity index (χ0n) is 16.5. The summed E-state index contributed by atoms with van der Waals surface area (Å²) in [6.45, 7) is 0. The maximum absolute atomic E-state index is 13.3. The van der Waals surface area contributed by atoms with Crippen molar-refractivity contribution in [1.29, 1.82) is 0 Å². The molecular weight excluding hydrogens is 444 g/mol. The van der Waals surface area contributed by atoms with Crippen LogP contribution in [0.3, 0.4) is 0 Å². The number of hydrogen-bond acceptors (Lipinski definition) is 3. The summed E-state index contributed by atoms with van der Waals surface area (Å²) >= 11 is 3.39. The molecule has 6 heteroatoms. The summed E-state index contributed by atoms with van der Waals surface area (Å²) in [6.07, 6.45) is 3.34. The predicted molar refractivity (Wildman–Crippen MR) is 116 cm³/mol. The fraction of sp³-hybridized carbons (Fsp3) is 0.375. The first-order valence-corrected chi connectivity index (χ1v) is 11.3. The Morgan fingerprint density at radius 2 is 1.57 bits per heavy atom. The molecule has 1 heterocycles. The standard InChI is InChI=1S/C24H23BrN2O3/c25-17-8-10-18(11-9-17)26-22(28)19(12-14-4-2-1-3-5-14)27-23(29)20-15-6-7-16(13-15)21(20)24(27)30/h1-5,8-11,15-16,19-21H,6-7,12-13H2,(H,26,28)/t15-,16+,19-,20-,21+/m1/s1. The Hall–Kier alpha value is -2.47. The van der Waals surface area contributed by atoms with E-state index in [0.717, 1.165) is 29.3 Å². The highest BCUT2D eigenvalue weighted by Gasteiger charge is 2.62. The molecular formula is C24H23BrN2O3. The first-order chi connectivity index (χ1) is 14.5. The van der Waals surface area contributed by atoms with Gasteiger partial charge in [0.1, 0.15) is 6.04 Å². The van der Waals surface area contributed by atoms with Crippen LogP contribution in [0.25, 0.3) is 0 Å². The van der Waals surface area contributed by atoms with Gasteiger partial charge in [0.25, 0.3) is 0 Å². The lowest BCUT2D eigenvalue weighted by atomic mass is 9.81. The average molecular weight is 467 g/mol. The van der Waals surface area contributed by atoms with Crippen molar-refractivity contribution < 1.29 is 14.4 Å². The molecule has 0 unspecified atom stereocenters. The molecule has 2 aromatic rings. The number of nitrogens with one attached hydrogen (secondary N) is 1. The highest BCUT2D eigenvalue weighted by molar-refractivity contribution is 9.10. The van der Waals surface area contributed by atoms with E-state index in [1.54, 1.807) is 12.1 Å². The molecule has 30 heavy (non-hydrogen) atoms. The third kappa shape index (κ3) is 3.27. The van der Waals surface area contributed by atoms with Gasteiger partial charge >= 0.3 is 0 Å². The second-order valence-corrected chi connectivity index (χ2v) is 9.55. The summed E-state index contributed by atoms with van der Waals surface area (Å²) in [7, 11) is 0. The van der Waals surface area contributed by atoms with Crippen molar-refractivity contribution in [1.82, 2.24) is 4.90 Å². The molecule has 5 nitrogen and oxygen atoms in total. The summed E-state index contributed by atoms with van der Waals surface area (Å²) in [5, 5.41) is 2.91. The van der Waals surface area contributed by atoms with E-state index >= 15 is 0 Å². The molecule has 3 amide bonds. The van der Waals surface area contributed by atoms with Crippen molar-refractivity contribution >= 4 is 39.3 Å². The maximum Gasteiger partial charge on any atom is 0.248 e. The van der Waals surface area contributed by atoms with Gasteiger partial charge in [-0.05, 0) is 60.9 Å². The van der Waals surface area contributed by atoms with Gasteiger partial charge in [0.15, 0.2) is 0 Å². The predicted octanol–water partition coefficient (Wildman–Crippen LogP) is 4.03. The van der Waals surface area contributed by atoms with Gasteiger partial charge in [-0.1, -0.05) is 46.3 Å². The minimum Gasteiger partial charge on any atom is -0.324 e. The minimum atomic E-state index is -0.846. The lowest BCUT2D eigenvalue weighted by Gasteiger charge is -2.27. The summed E-state index contributed by atoms with van der Waals surface area (Å²) in [5.41, 5.74) is 1.56. The van der Waals surface area contributed by atoms with Gasteiger partial charge in [-0.3, -0.25) is 19.3 Å². The summed E-state index contributed by atoms with van der Waals surface area (Å²) < 4.78 is 0.912. The molecule has 2 aromatic carbocycles. The van der Waals surface area contributed by atoms with Crippen LogP contribution < -0.4 is 5.32 Å². The molecule has 2 bridgehead atoms. The summed E-state index contributed by atoms with van der Waals surface area (Å²) in [4.78, 5) is 41.3. The van der Waals surface area contributed by atoms with Crippen LogP contribution in [-0.4, -0.2) is 28.7 Å². The molecule has 0 spiro atoms. The van der Waals surface area contributed by atoms with Crippen LogP contribution in [0.1, 0.15) is 24.8 Å². The molecule has 2 saturated carbocycles. The average Bonchev–Trinajstić information content (AvgIpc) is 3.43. The number of benzene rings is 2. The Bertz CT molecular complexity index is 963. The monoisotopic (exact) mass is 466 g/mol. The molecule has 2 aliphatic carbocycles. The topological polar surface area (TPSA) is 66.5 Å². The highest BCUT2D eigenvalue weighted by atomic mass is 79.9. The van der Waals surface area contributed by atoms with E-state index in [-0.39, 0.29) is 29.6 Å².